The molecule has 7 rings (SSSR count). The fourth-order valence-electron chi connectivity index (χ4n) is 7.47. The van der Waals surface area contributed by atoms with Crippen molar-refractivity contribution in [2.75, 3.05) is 20.3 Å². The van der Waals surface area contributed by atoms with Gasteiger partial charge < -0.3 is 33.6 Å². The van der Waals surface area contributed by atoms with Crippen LogP contribution in [0.5, 0.6) is 5.75 Å². The highest BCUT2D eigenvalue weighted by molar-refractivity contribution is 6.00. The normalized spacial score (nSPS) is 22.2. The summed E-state index contributed by atoms with van der Waals surface area (Å²) in [6.45, 7) is 7.13. The number of nitrogens with one attached hydrogen (secondary N) is 1. The van der Waals surface area contributed by atoms with Crippen LogP contribution in [-0.2, 0) is 23.1 Å². The van der Waals surface area contributed by atoms with E-state index in [1.807, 2.05) is 33.9 Å². The second kappa shape index (κ2) is 11.9. The molecule has 47 heavy (non-hydrogen) atoms. The van der Waals surface area contributed by atoms with Crippen LogP contribution in [0.25, 0.3) is 33.5 Å². The van der Waals surface area contributed by atoms with Crippen LogP contribution in [0.1, 0.15) is 56.8 Å². The maximum atomic E-state index is 14.3. The molecular weight excluding hydrogens is 596 g/mol. The molecule has 1 N–H and O–H groups in total. The summed E-state index contributed by atoms with van der Waals surface area (Å²) < 4.78 is 22.0. The fourth-order valence-corrected chi connectivity index (χ4v) is 7.47. The number of para-hydroxylation sites is 1. The van der Waals surface area contributed by atoms with Gasteiger partial charge in [-0.2, -0.15) is 5.26 Å². The highest BCUT2D eigenvalue weighted by atomic mass is 16.6. The van der Waals surface area contributed by atoms with E-state index in [1.165, 1.54) is 23.7 Å². The number of alkyl carbamates (subject to hydrolysis) is 1. The number of rotatable bonds is 9. The minimum atomic E-state index is -0.653. The number of piperidine rings is 1. The van der Waals surface area contributed by atoms with Gasteiger partial charge in [0.05, 0.1) is 55.6 Å². The molecule has 0 unspecified atom stereocenters. The van der Waals surface area contributed by atoms with Crippen molar-refractivity contribution >= 4 is 33.9 Å². The number of likely N-dealkylation sites (tertiary alicyclic amines) is 1. The second-order valence-electron chi connectivity index (χ2n) is 14.1. The number of aryl methyl sites for hydroxylation is 1. The number of hydrogen-bond donors (Lipinski definition) is 1. The van der Waals surface area contributed by atoms with Crippen molar-refractivity contribution in [2.24, 2.45) is 18.9 Å². The average molecular weight is 639 g/mol. The fraction of sp³-hybridized carbons (Fsp3) is 0.500. The number of carbonyl (C=O) groups is 2. The summed E-state index contributed by atoms with van der Waals surface area (Å²) in [7, 11) is 3.60. The quantitative estimate of drug-likeness (QED) is 0.235. The number of carbonyl (C=O) groups excluding carboxylic acids is 2. The summed E-state index contributed by atoms with van der Waals surface area (Å²) in [5.41, 5.74) is 3.51. The summed E-state index contributed by atoms with van der Waals surface area (Å²) in [4.78, 5) is 34.1. The first-order chi connectivity index (χ1) is 22.6. The summed E-state index contributed by atoms with van der Waals surface area (Å²) in [5, 5.41) is 13.3. The monoisotopic (exact) mass is 638 g/mol. The minimum absolute atomic E-state index is 0.0102. The number of hydrogen-bond acceptors (Lipinski definition) is 7. The van der Waals surface area contributed by atoms with Gasteiger partial charge >= 0.3 is 6.09 Å². The zero-order chi connectivity index (χ0) is 33.0. The number of imidazole rings is 1. The van der Waals surface area contributed by atoms with Gasteiger partial charge in [-0.1, -0.05) is 18.2 Å². The molecule has 0 radical (unpaired) electrons. The van der Waals surface area contributed by atoms with Crippen molar-refractivity contribution in [2.45, 2.75) is 76.8 Å². The molecule has 3 aliphatic rings. The lowest BCUT2D eigenvalue weighted by Crippen LogP contribution is -2.51. The number of benzene rings is 2. The van der Waals surface area contributed by atoms with Gasteiger partial charge in [-0.25, -0.2) is 9.78 Å². The number of fused-ring (bicyclic) bond motifs is 4. The van der Waals surface area contributed by atoms with Crippen LogP contribution < -0.4 is 10.1 Å². The van der Waals surface area contributed by atoms with Crippen LogP contribution >= 0.6 is 0 Å². The second-order valence-corrected chi connectivity index (χ2v) is 14.1. The summed E-state index contributed by atoms with van der Waals surface area (Å²) >= 11 is 0. The molecule has 4 aromatic rings. The van der Waals surface area contributed by atoms with E-state index in [2.05, 4.69) is 50.9 Å². The molecule has 2 amide bonds. The summed E-state index contributed by atoms with van der Waals surface area (Å²) in [6.07, 6.45) is 2.58. The van der Waals surface area contributed by atoms with Crippen LogP contribution in [0.4, 0.5) is 4.79 Å². The van der Waals surface area contributed by atoms with Crippen molar-refractivity contribution < 1.29 is 23.8 Å². The van der Waals surface area contributed by atoms with Crippen LogP contribution in [0.2, 0.25) is 0 Å². The number of methoxy groups -OCH3 is 1. The molecule has 11 heteroatoms. The lowest BCUT2D eigenvalue weighted by Gasteiger charge is -2.33. The Morgan fingerprint density at radius 1 is 1.15 bits per heavy atom. The molecule has 4 atom stereocenters. The van der Waals surface area contributed by atoms with Gasteiger partial charge in [-0.3, -0.25) is 4.79 Å². The SMILES string of the molecule is COc1cc(C(=O)N2C[C@H]3C[C@H](OCCC#N)[C@@H]2[C@@H]3NC(=O)OC(C)(C)C)cc2nc(-c3cc4ccccc4n3CC3CC3)n(C)c12. The Balaban J connectivity index is 1.23. The Morgan fingerprint density at radius 3 is 2.66 bits per heavy atom. The first-order valence-corrected chi connectivity index (χ1v) is 16.5. The predicted molar refractivity (Wildman–Crippen MR) is 177 cm³/mol. The van der Waals surface area contributed by atoms with E-state index in [0.29, 0.717) is 35.7 Å². The number of aromatic nitrogens is 3. The van der Waals surface area contributed by atoms with E-state index in [1.54, 1.807) is 18.1 Å². The van der Waals surface area contributed by atoms with E-state index in [4.69, 9.17) is 24.5 Å². The molecule has 2 saturated carbocycles. The molecule has 2 aromatic heterocycles. The Hall–Kier alpha value is -4.56. The topological polar surface area (TPSA) is 124 Å². The third kappa shape index (κ3) is 5.80. The Morgan fingerprint density at radius 2 is 1.94 bits per heavy atom. The largest absolute Gasteiger partial charge is 0.494 e. The first kappa shape index (κ1) is 31.1. The lowest BCUT2D eigenvalue weighted by molar-refractivity contribution is -0.00682. The van der Waals surface area contributed by atoms with Crippen molar-refractivity contribution in [1.29, 1.82) is 5.26 Å². The van der Waals surface area contributed by atoms with E-state index in [0.717, 1.165) is 23.6 Å². The van der Waals surface area contributed by atoms with E-state index in [-0.39, 0.29) is 37.0 Å². The molecule has 2 aromatic carbocycles. The Kier molecular flexibility index (Phi) is 7.87. The maximum absolute atomic E-state index is 14.3. The third-order valence-electron chi connectivity index (χ3n) is 9.65. The molecule has 2 bridgehead atoms. The Bertz CT molecular complexity index is 1890. The minimum Gasteiger partial charge on any atom is -0.494 e. The van der Waals surface area contributed by atoms with Crippen LogP contribution in [0.3, 0.4) is 0 Å². The average Bonchev–Trinajstić information content (AvgIpc) is 3.42. The van der Waals surface area contributed by atoms with Gasteiger partial charge in [0.25, 0.3) is 5.91 Å². The number of ether oxygens (including phenoxy) is 3. The van der Waals surface area contributed by atoms with Gasteiger partial charge in [-0.05, 0) is 70.2 Å². The molecular formula is C36H42N6O5. The maximum Gasteiger partial charge on any atom is 0.407 e. The zero-order valence-corrected chi connectivity index (χ0v) is 27.7. The van der Waals surface area contributed by atoms with Crippen molar-refractivity contribution in [3.63, 3.8) is 0 Å². The number of nitriles is 1. The standard InChI is InChI=1S/C36H42N6O5/c1-36(2,3)47-35(44)39-30-24-18-29(46-14-8-13-37)32(30)42(20-24)34(43)23-15-25-31(28(17-23)45-5)40(4)33(38-25)27-16-22-9-6-7-10-26(22)41(27)19-21-11-12-21/h6-7,9-10,15-17,21,24,29-30,32H,8,11-12,14,18-20H2,1-5H3,(H,39,44)/t24-,29+,30-,32-/m1/s1. The number of nitrogens with zero attached hydrogens (tertiary/aromatic N) is 5. The van der Waals surface area contributed by atoms with Crippen molar-refractivity contribution in [3.8, 4) is 23.3 Å². The third-order valence-corrected chi connectivity index (χ3v) is 9.65. The van der Waals surface area contributed by atoms with Gasteiger partial charge in [-0.15, -0.1) is 0 Å². The summed E-state index contributed by atoms with van der Waals surface area (Å²) in [6, 6.07) is 15.6. The summed E-state index contributed by atoms with van der Waals surface area (Å²) in [5.74, 6) is 1.86. The molecule has 1 saturated heterocycles. The van der Waals surface area contributed by atoms with Gasteiger partial charge in [0.15, 0.2) is 5.82 Å². The first-order valence-electron chi connectivity index (χ1n) is 16.5. The van der Waals surface area contributed by atoms with Gasteiger partial charge in [0, 0.05) is 42.5 Å². The van der Waals surface area contributed by atoms with Gasteiger partial charge in [0.1, 0.15) is 16.9 Å². The molecule has 0 spiro atoms. The molecule has 3 heterocycles. The highest BCUT2D eigenvalue weighted by Crippen LogP contribution is 2.42. The van der Waals surface area contributed by atoms with Crippen LogP contribution in [0, 0.1) is 23.2 Å². The highest BCUT2D eigenvalue weighted by Gasteiger charge is 2.55. The van der Waals surface area contributed by atoms with E-state index in [9.17, 15) is 9.59 Å². The lowest BCUT2D eigenvalue weighted by atomic mass is 10.1. The van der Waals surface area contributed by atoms with Crippen LogP contribution in [0.15, 0.2) is 42.5 Å². The van der Waals surface area contributed by atoms with E-state index < -0.39 is 17.7 Å². The smallest absolute Gasteiger partial charge is 0.407 e. The van der Waals surface area contributed by atoms with Crippen LogP contribution in [-0.4, -0.2) is 75.1 Å². The molecule has 2 aliphatic carbocycles. The Labute approximate surface area is 274 Å². The molecule has 1 aliphatic heterocycles. The van der Waals surface area contributed by atoms with Crippen molar-refractivity contribution in [3.05, 3.63) is 48.0 Å². The predicted octanol–water partition coefficient (Wildman–Crippen LogP) is 5.65. The van der Waals surface area contributed by atoms with Gasteiger partial charge in [0.2, 0.25) is 0 Å². The zero-order valence-electron chi connectivity index (χ0n) is 27.7. The number of amides is 2. The molecule has 246 valence electrons. The molecule has 11 nitrogen and oxygen atoms in total. The molecule has 3 fully saturated rings. The van der Waals surface area contributed by atoms with Crippen molar-refractivity contribution in [1.82, 2.24) is 24.3 Å². The van der Waals surface area contributed by atoms with E-state index >= 15 is 0 Å².